The first-order chi connectivity index (χ1) is 12.6. The smallest absolute Gasteiger partial charge is 0.240 e. The van der Waals surface area contributed by atoms with E-state index < -0.39 is 10.0 Å². The lowest BCUT2D eigenvalue weighted by Crippen LogP contribution is -2.41. The number of hydrogen-bond donors (Lipinski definition) is 1. The van der Waals surface area contributed by atoms with Gasteiger partial charge in [-0.25, -0.2) is 13.1 Å². The van der Waals surface area contributed by atoms with Crippen LogP contribution in [0.5, 0.6) is 0 Å². The molecule has 26 heavy (non-hydrogen) atoms. The standard InChI is InChI=1S/C19H20N4O2S/c24-26(25,17-9-5-2-6-10-17)22-16-11-12-18-20-21-19(23(18)14-16)13-15-7-3-1-4-8-15/h1-10,16,22H,11-14H2/t16-/m1/s1. The van der Waals surface area contributed by atoms with Gasteiger partial charge in [0.05, 0.1) is 4.90 Å². The molecule has 1 aliphatic heterocycles. The van der Waals surface area contributed by atoms with Crippen LogP contribution >= 0.6 is 0 Å². The average molecular weight is 368 g/mol. The van der Waals surface area contributed by atoms with Crippen LogP contribution in [0.4, 0.5) is 0 Å². The van der Waals surface area contributed by atoms with Gasteiger partial charge in [0.25, 0.3) is 0 Å². The van der Waals surface area contributed by atoms with E-state index in [-0.39, 0.29) is 6.04 Å². The van der Waals surface area contributed by atoms with Crippen LogP contribution in [-0.2, 0) is 29.4 Å². The number of fused-ring (bicyclic) bond motifs is 1. The second kappa shape index (κ2) is 7.01. The third kappa shape index (κ3) is 3.54. The molecule has 3 aromatic rings. The van der Waals surface area contributed by atoms with Crippen molar-refractivity contribution in [3.8, 4) is 0 Å². The molecule has 0 spiro atoms. The van der Waals surface area contributed by atoms with Gasteiger partial charge in [0, 0.05) is 25.4 Å². The quantitative estimate of drug-likeness (QED) is 0.749. The Morgan fingerprint density at radius 1 is 1.00 bits per heavy atom. The van der Waals surface area contributed by atoms with E-state index in [9.17, 15) is 8.42 Å². The number of benzene rings is 2. The molecule has 1 aliphatic rings. The maximum absolute atomic E-state index is 12.6. The number of rotatable bonds is 5. The Hall–Kier alpha value is -2.51. The summed E-state index contributed by atoms with van der Waals surface area (Å²) in [7, 11) is -3.52. The number of hydrogen-bond acceptors (Lipinski definition) is 4. The first-order valence-electron chi connectivity index (χ1n) is 8.64. The Morgan fingerprint density at radius 2 is 1.69 bits per heavy atom. The third-order valence-corrected chi connectivity index (χ3v) is 6.14. The molecule has 0 saturated heterocycles. The van der Waals surface area contributed by atoms with E-state index in [4.69, 9.17) is 0 Å². The Kier molecular flexibility index (Phi) is 4.57. The zero-order valence-electron chi connectivity index (χ0n) is 14.2. The van der Waals surface area contributed by atoms with Gasteiger partial charge in [-0.2, -0.15) is 0 Å². The largest absolute Gasteiger partial charge is 0.313 e. The summed E-state index contributed by atoms with van der Waals surface area (Å²) in [4.78, 5) is 0.291. The molecule has 1 aromatic heterocycles. The van der Waals surface area contributed by atoms with Crippen molar-refractivity contribution in [3.63, 3.8) is 0 Å². The topological polar surface area (TPSA) is 76.9 Å². The zero-order chi connectivity index (χ0) is 18.0. The van der Waals surface area contributed by atoms with Gasteiger partial charge >= 0.3 is 0 Å². The summed E-state index contributed by atoms with van der Waals surface area (Å²) < 4.78 is 30.0. The molecule has 2 aromatic carbocycles. The van der Waals surface area contributed by atoms with Crippen LogP contribution in [0, 0.1) is 0 Å². The summed E-state index contributed by atoms with van der Waals surface area (Å²) in [5.41, 5.74) is 1.16. The Morgan fingerprint density at radius 3 is 2.42 bits per heavy atom. The lowest BCUT2D eigenvalue weighted by atomic mass is 10.1. The maximum Gasteiger partial charge on any atom is 0.240 e. The van der Waals surface area contributed by atoms with E-state index in [0.717, 1.165) is 23.6 Å². The van der Waals surface area contributed by atoms with Gasteiger partial charge in [-0.3, -0.25) is 0 Å². The number of aryl methyl sites for hydroxylation is 1. The third-order valence-electron chi connectivity index (χ3n) is 4.60. The van der Waals surface area contributed by atoms with Crippen molar-refractivity contribution >= 4 is 10.0 Å². The molecule has 0 unspecified atom stereocenters. The highest BCUT2D eigenvalue weighted by Gasteiger charge is 2.26. The monoisotopic (exact) mass is 368 g/mol. The number of aromatic nitrogens is 3. The predicted molar refractivity (Wildman–Crippen MR) is 98.1 cm³/mol. The van der Waals surface area contributed by atoms with Gasteiger partial charge in [-0.1, -0.05) is 48.5 Å². The fraction of sp³-hybridized carbons (Fsp3) is 0.263. The first kappa shape index (κ1) is 16.9. The van der Waals surface area contributed by atoms with E-state index in [2.05, 4.69) is 31.6 Å². The molecule has 2 heterocycles. The number of nitrogens with one attached hydrogen (secondary N) is 1. The molecule has 134 valence electrons. The van der Waals surface area contributed by atoms with E-state index in [1.54, 1.807) is 30.3 Å². The van der Waals surface area contributed by atoms with Gasteiger partial charge < -0.3 is 4.57 Å². The van der Waals surface area contributed by atoms with Crippen LogP contribution in [0.3, 0.4) is 0 Å². The second-order valence-corrected chi connectivity index (χ2v) is 8.19. The summed E-state index contributed by atoms with van der Waals surface area (Å²) in [6.45, 7) is 0.552. The average Bonchev–Trinajstić information content (AvgIpc) is 3.05. The molecule has 4 rings (SSSR count). The minimum absolute atomic E-state index is 0.168. The number of nitrogens with zero attached hydrogens (tertiary/aromatic N) is 3. The van der Waals surface area contributed by atoms with Crippen LogP contribution < -0.4 is 4.72 Å². The number of sulfonamides is 1. The van der Waals surface area contributed by atoms with E-state index in [0.29, 0.717) is 24.3 Å². The van der Waals surface area contributed by atoms with E-state index in [1.165, 1.54) is 0 Å². The summed E-state index contributed by atoms with van der Waals surface area (Å²) in [5.74, 6) is 1.79. The lowest BCUT2D eigenvalue weighted by molar-refractivity contribution is 0.414. The van der Waals surface area contributed by atoms with Crippen LogP contribution in [0.1, 0.15) is 23.6 Å². The molecule has 1 atom stereocenters. The molecule has 1 N–H and O–H groups in total. The Balaban J connectivity index is 1.52. The van der Waals surface area contributed by atoms with Crippen LogP contribution in [0.15, 0.2) is 65.6 Å². The van der Waals surface area contributed by atoms with Crippen molar-refractivity contribution < 1.29 is 8.42 Å². The van der Waals surface area contributed by atoms with Crippen LogP contribution in [0.2, 0.25) is 0 Å². The van der Waals surface area contributed by atoms with Gasteiger partial charge in [-0.15, -0.1) is 10.2 Å². The lowest BCUT2D eigenvalue weighted by Gasteiger charge is -2.25. The van der Waals surface area contributed by atoms with Gasteiger partial charge in [0.15, 0.2) is 0 Å². The Bertz CT molecular complexity index is 985. The van der Waals surface area contributed by atoms with Crippen molar-refractivity contribution in [3.05, 3.63) is 77.9 Å². The van der Waals surface area contributed by atoms with Crippen molar-refractivity contribution in [2.75, 3.05) is 0 Å². The molecule has 0 aliphatic carbocycles. The van der Waals surface area contributed by atoms with Gasteiger partial charge in [0.2, 0.25) is 10.0 Å². The molecule has 7 heteroatoms. The van der Waals surface area contributed by atoms with Gasteiger partial charge in [-0.05, 0) is 24.1 Å². The molecule has 0 fully saturated rings. The zero-order valence-corrected chi connectivity index (χ0v) is 15.1. The van der Waals surface area contributed by atoms with Crippen molar-refractivity contribution in [2.45, 2.75) is 36.7 Å². The molecule has 6 nitrogen and oxygen atoms in total. The van der Waals surface area contributed by atoms with E-state index >= 15 is 0 Å². The molecule has 0 saturated carbocycles. The molecular formula is C19H20N4O2S. The van der Waals surface area contributed by atoms with Crippen LogP contribution in [0.25, 0.3) is 0 Å². The fourth-order valence-corrected chi connectivity index (χ4v) is 4.56. The van der Waals surface area contributed by atoms with Crippen molar-refractivity contribution in [2.24, 2.45) is 0 Å². The highest BCUT2D eigenvalue weighted by atomic mass is 32.2. The van der Waals surface area contributed by atoms with Crippen molar-refractivity contribution in [1.29, 1.82) is 0 Å². The minimum atomic E-state index is -3.52. The fourth-order valence-electron chi connectivity index (χ4n) is 3.28. The minimum Gasteiger partial charge on any atom is -0.313 e. The highest BCUT2D eigenvalue weighted by Crippen LogP contribution is 2.19. The van der Waals surface area contributed by atoms with E-state index in [1.807, 2.05) is 18.2 Å². The second-order valence-electron chi connectivity index (χ2n) is 6.48. The Labute approximate surface area is 153 Å². The summed E-state index contributed by atoms with van der Waals surface area (Å²) in [6, 6.07) is 18.4. The maximum atomic E-state index is 12.6. The SMILES string of the molecule is O=S(=O)(N[C@@H]1CCc2nnc(Cc3ccccc3)n2C1)c1ccccc1. The summed E-state index contributed by atoms with van der Waals surface area (Å²) in [6.07, 6.45) is 2.12. The van der Waals surface area contributed by atoms with Gasteiger partial charge in [0.1, 0.15) is 11.6 Å². The first-order valence-corrected chi connectivity index (χ1v) is 10.1. The summed E-state index contributed by atoms with van der Waals surface area (Å²) >= 11 is 0. The van der Waals surface area contributed by atoms with Crippen molar-refractivity contribution in [1.82, 2.24) is 19.5 Å². The van der Waals surface area contributed by atoms with Crippen LogP contribution in [-0.4, -0.2) is 29.2 Å². The summed E-state index contributed by atoms with van der Waals surface area (Å²) in [5, 5.41) is 8.60. The highest BCUT2D eigenvalue weighted by molar-refractivity contribution is 7.89. The molecule has 0 bridgehead atoms. The molecule has 0 radical (unpaired) electrons. The predicted octanol–water partition coefficient (Wildman–Crippen LogP) is 2.16. The molecular weight excluding hydrogens is 348 g/mol. The molecule has 0 amide bonds. The normalized spacial score (nSPS) is 17.0.